The Morgan fingerprint density at radius 1 is 1.39 bits per heavy atom. The molecule has 6 heteroatoms. The van der Waals surface area contributed by atoms with Gasteiger partial charge in [0.05, 0.1) is 19.0 Å². The molecule has 0 unspecified atom stereocenters. The van der Waals surface area contributed by atoms with Crippen LogP contribution < -0.4 is 15.8 Å². The summed E-state index contributed by atoms with van der Waals surface area (Å²) in [7, 11) is 1.53. The highest BCUT2D eigenvalue weighted by Crippen LogP contribution is 2.24. The number of benzene rings is 1. The average Bonchev–Trinajstić information content (AvgIpc) is 2.40. The maximum absolute atomic E-state index is 11.8. The molecule has 18 heavy (non-hydrogen) atoms. The molecule has 0 atom stereocenters. The van der Waals surface area contributed by atoms with Crippen molar-refractivity contribution in [2.24, 2.45) is 0 Å². The fraction of sp³-hybridized carbons (Fsp3) is 0.0833. The van der Waals surface area contributed by atoms with Gasteiger partial charge in [-0.15, -0.1) is 0 Å². The van der Waals surface area contributed by atoms with E-state index in [1.165, 1.54) is 25.7 Å². The number of nitrogens with zero attached hydrogens (tertiary/aromatic N) is 2. The van der Waals surface area contributed by atoms with E-state index in [1.807, 2.05) is 0 Å². The van der Waals surface area contributed by atoms with E-state index in [-0.39, 0.29) is 11.6 Å². The normalized spacial score (nSPS) is 9.83. The van der Waals surface area contributed by atoms with Gasteiger partial charge in [0.25, 0.3) is 5.91 Å². The summed E-state index contributed by atoms with van der Waals surface area (Å²) in [4.78, 5) is 19.5. The van der Waals surface area contributed by atoms with E-state index < -0.39 is 0 Å². The lowest BCUT2D eigenvalue weighted by Crippen LogP contribution is -2.13. The number of anilines is 2. The summed E-state index contributed by atoms with van der Waals surface area (Å²) in [6.45, 7) is 0. The molecule has 0 bridgehead atoms. The van der Waals surface area contributed by atoms with Crippen molar-refractivity contribution >= 4 is 17.3 Å². The lowest BCUT2D eigenvalue weighted by molar-refractivity contribution is 0.102. The van der Waals surface area contributed by atoms with Gasteiger partial charge in [0, 0.05) is 18.1 Å². The van der Waals surface area contributed by atoms with Gasteiger partial charge in [-0.25, -0.2) is 4.98 Å². The maximum atomic E-state index is 11.8. The Balaban J connectivity index is 2.15. The minimum absolute atomic E-state index is 0.242. The Labute approximate surface area is 104 Å². The van der Waals surface area contributed by atoms with Crippen molar-refractivity contribution < 1.29 is 9.53 Å². The molecule has 0 aliphatic carbocycles. The summed E-state index contributed by atoms with van der Waals surface area (Å²) < 4.78 is 5.03. The quantitative estimate of drug-likeness (QED) is 0.795. The van der Waals surface area contributed by atoms with E-state index >= 15 is 0 Å². The Morgan fingerprint density at radius 2 is 2.22 bits per heavy atom. The van der Waals surface area contributed by atoms with E-state index in [2.05, 4.69) is 15.3 Å². The average molecular weight is 244 g/mol. The molecule has 92 valence electrons. The van der Waals surface area contributed by atoms with E-state index in [0.717, 1.165) is 0 Å². The van der Waals surface area contributed by atoms with Crippen molar-refractivity contribution in [2.45, 2.75) is 0 Å². The van der Waals surface area contributed by atoms with Gasteiger partial charge in [0.2, 0.25) is 0 Å². The molecule has 3 N–H and O–H groups in total. The largest absolute Gasteiger partial charge is 0.495 e. The molecule has 1 aromatic carbocycles. The van der Waals surface area contributed by atoms with Crippen molar-refractivity contribution in [1.82, 2.24) is 9.97 Å². The van der Waals surface area contributed by atoms with Crippen LogP contribution >= 0.6 is 0 Å². The van der Waals surface area contributed by atoms with E-state index in [0.29, 0.717) is 17.1 Å². The molecule has 0 spiro atoms. The van der Waals surface area contributed by atoms with Crippen LogP contribution in [0.15, 0.2) is 36.8 Å². The molecule has 0 radical (unpaired) electrons. The summed E-state index contributed by atoms with van der Waals surface area (Å²) in [5.41, 5.74) is 7.01. The number of nitrogen functional groups attached to an aromatic ring is 1. The summed E-state index contributed by atoms with van der Waals surface area (Å²) >= 11 is 0. The van der Waals surface area contributed by atoms with Crippen molar-refractivity contribution in [2.75, 3.05) is 18.2 Å². The third-order valence-corrected chi connectivity index (χ3v) is 2.28. The smallest absolute Gasteiger partial charge is 0.275 e. The van der Waals surface area contributed by atoms with E-state index in [9.17, 15) is 4.79 Å². The van der Waals surface area contributed by atoms with Crippen molar-refractivity contribution in [3.05, 3.63) is 42.5 Å². The Hall–Kier alpha value is -2.63. The number of hydrogen-bond acceptors (Lipinski definition) is 5. The summed E-state index contributed by atoms with van der Waals surface area (Å²) in [6, 6.07) is 5.00. The van der Waals surface area contributed by atoms with E-state index in [4.69, 9.17) is 10.5 Å². The first-order valence-corrected chi connectivity index (χ1v) is 5.21. The molecule has 1 aromatic heterocycles. The predicted octanol–water partition coefficient (Wildman–Crippen LogP) is 1.32. The first kappa shape index (κ1) is 11.8. The Kier molecular flexibility index (Phi) is 3.38. The number of amides is 1. The Morgan fingerprint density at radius 3 is 2.83 bits per heavy atom. The molecule has 6 nitrogen and oxygen atoms in total. The fourth-order valence-corrected chi connectivity index (χ4v) is 1.42. The number of carbonyl (C=O) groups is 1. The number of nitrogens with one attached hydrogen (secondary N) is 1. The molecular formula is C12H12N4O2. The van der Waals surface area contributed by atoms with Crippen LogP contribution in [-0.2, 0) is 0 Å². The molecule has 0 aliphatic heterocycles. The van der Waals surface area contributed by atoms with Crippen LogP contribution in [0.5, 0.6) is 5.75 Å². The molecule has 0 fully saturated rings. The van der Waals surface area contributed by atoms with Crippen molar-refractivity contribution in [1.29, 1.82) is 0 Å². The topological polar surface area (TPSA) is 90.1 Å². The van der Waals surface area contributed by atoms with Crippen LogP contribution in [0.25, 0.3) is 0 Å². The molecular weight excluding hydrogens is 232 g/mol. The van der Waals surface area contributed by atoms with Crippen LogP contribution in [0, 0.1) is 0 Å². The van der Waals surface area contributed by atoms with Gasteiger partial charge >= 0.3 is 0 Å². The number of rotatable bonds is 3. The number of carbonyl (C=O) groups excluding carboxylic acids is 1. The molecule has 1 amide bonds. The fourth-order valence-electron chi connectivity index (χ4n) is 1.42. The number of aromatic nitrogens is 2. The maximum Gasteiger partial charge on any atom is 0.275 e. The highest BCUT2D eigenvalue weighted by Gasteiger charge is 2.08. The third kappa shape index (κ3) is 2.54. The number of hydrogen-bond donors (Lipinski definition) is 2. The van der Waals surface area contributed by atoms with Crippen LogP contribution in [0.1, 0.15) is 10.5 Å². The summed E-state index contributed by atoms with van der Waals surface area (Å²) in [5.74, 6) is 0.222. The third-order valence-electron chi connectivity index (χ3n) is 2.28. The molecule has 0 saturated heterocycles. The highest BCUT2D eigenvalue weighted by atomic mass is 16.5. The first-order chi connectivity index (χ1) is 8.70. The van der Waals surface area contributed by atoms with Gasteiger partial charge in [0.1, 0.15) is 11.4 Å². The molecule has 0 aliphatic rings. The van der Waals surface area contributed by atoms with Crippen LogP contribution in [0.4, 0.5) is 11.4 Å². The monoisotopic (exact) mass is 244 g/mol. The van der Waals surface area contributed by atoms with Gasteiger partial charge in [-0.1, -0.05) is 0 Å². The van der Waals surface area contributed by atoms with Gasteiger partial charge in [0.15, 0.2) is 0 Å². The van der Waals surface area contributed by atoms with Crippen molar-refractivity contribution in [3.63, 3.8) is 0 Å². The highest BCUT2D eigenvalue weighted by molar-refractivity contribution is 6.02. The minimum atomic E-state index is -0.340. The first-order valence-electron chi connectivity index (χ1n) is 5.21. The van der Waals surface area contributed by atoms with Crippen LogP contribution in [0.2, 0.25) is 0 Å². The number of methoxy groups -OCH3 is 1. The number of nitrogens with two attached hydrogens (primary N) is 1. The van der Waals surface area contributed by atoms with Crippen LogP contribution in [0.3, 0.4) is 0 Å². The molecule has 2 rings (SSSR count). The van der Waals surface area contributed by atoms with Gasteiger partial charge in [-0.2, -0.15) is 0 Å². The predicted molar refractivity (Wildman–Crippen MR) is 67.4 cm³/mol. The van der Waals surface area contributed by atoms with Gasteiger partial charge in [-0.05, 0) is 18.2 Å². The zero-order valence-electron chi connectivity index (χ0n) is 9.75. The van der Waals surface area contributed by atoms with Crippen molar-refractivity contribution in [3.8, 4) is 5.75 Å². The van der Waals surface area contributed by atoms with Gasteiger partial charge in [-0.3, -0.25) is 9.78 Å². The molecule has 1 heterocycles. The standard InChI is InChI=1S/C12H12N4O2/c1-18-11-3-2-8(6-9(11)13)16-12(17)10-7-14-4-5-15-10/h2-7H,13H2,1H3,(H,16,17). The van der Waals surface area contributed by atoms with Gasteiger partial charge < -0.3 is 15.8 Å². The van der Waals surface area contributed by atoms with E-state index in [1.54, 1.807) is 18.2 Å². The molecule has 0 saturated carbocycles. The lowest BCUT2D eigenvalue weighted by Gasteiger charge is -2.08. The van der Waals surface area contributed by atoms with Crippen LogP contribution in [-0.4, -0.2) is 23.0 Å². The molecule has 2 aromatic rings. The zero-order valence-corrected chi connectivity index (χ0v) is 9.75. The second-order valence-electron chi connectivity index (χ2n) is 3.50. The zero-order chi connectivity index (χ0) is 13.0. The summed E-state index contributed by atoms with van der Waals surface area (Å²) in [6.07, 6.45) is 4.35. The second kappa shape index (κ2) is 5.13. The lowest BCUT2D eigenvalue weighted by atomic mass is 10.2. The Bertz CT molecular complexity index is 557. The summed E-state index contributed by atoms with van der Waals surface area (Å²) in [5, 5.41) is 2.67. The number of ether oxygens (including phenoxy) is 1. The second-order valence-corrected chi connectivity index (χ2v) is 3.50. The minimum Gasteiger partial charge on any atom is -0.495 e. The SMILES string of the molecule is COc1ccc(NC(=O)c2cnccn2)cc1N.